The van der Waals surface area contributed by atoms with Crippen LogP contribution in [-0.2, 0) is 9.22 Å². The Kier molecular flexibility index (Phi) is 5.21. The predicted molar refractivity (Wildman–Crippen MR) is 62.2 cm³/mol. The highest BCUT2D eigenvalue weighted by Gasteiger charge is 2.39. The van der Waals surface area contributed by atoms with Crippen molar-refractivity contribution in [2.45, 2.75) is 45.1 Å². The summed E-state index contributed by atoms with van der Waals surface area (Å²) in [6.45, 7) is 10.1. The van der Waals surface area contributed by atoms with Crippen LogP contribution in [0.5, 0.6) is 0 Å². The van der Waals surface area contributed by atoms with Gasteiger partial charge in [-0.05, 0) is 18.1 Å². The van der Waals surface area contributed by atoms with E-state index in [0.29, 0.717) is 0 Å². The molecule has 0 saturated heterocycles. The summed E-state index contributed by atoms with van der Waals surface area (Å²) in [7, 11) is -1.96. The molecule has 0 atom stereocenters. The fraction of sp³-hybridized carbons (Fsp3) is 0.900. The Morgan fingerprint density at radius 3 is 2.06 bits per heavy atom. The minimum Gasteiger partial charge on any atom is -0.415 e. The van der Waals surface area contributed by atoms with Crippen molar-refractivity contribution in [1.29, 1.82) is 0 Å². The highest BCUT2D eigenvalue weighted by molar-refractivity contribution is 6.74. The van der Waals surface area contributed by atoms with Gasteiger partial charge < -0.3 is 9.74 Å². The molecule has 0 aliphatic heterocycles. The average molecular weight is 271 g/mol. The van der Waals surface area contributed by atoms with Crippen molar-refractivity contribution in [1.82, 2.24) is 5.32 Å². The Balaban J connectivity index is 3.99. The quantitative estimate of drug-likeness (QED) is 0.630. The van der Waals surface area contributed by atoms with E-state index in [1.54, 1.807) is 5.32 Å². The third-order valence-corrected chi connectivity index (χ3v) is 7.45. The van der Waals surface area contributed by atoms with Gasteiger partial charge in [-0.15, -0.1) is 0 Å². The number of rotatable bonds is 4. The number of nitrogens with one attached hydrogen (secondary N) is 1. The molecule has 0 heterocycles. The molecule has 0 spiro atoms. The van der Waals surface area contributed by atoms with Gasteiger partial charge in [0.25, 0.3) is 0 Å². The third-order valence-electron chi connectivity index (χ3n) is 2.91. The summed E-state index contributed by atoms with van der Waals surface area (Å²) in [5, 5.41) is 1.78. The zero-order chi connectivity index (χ0) is 13.9. The van der Waals surface area contributed by atoms with Crippen molar-refractivity contribution in [2.24, 2.45) is 0 Å². The summed E-state index contributed by atoms with van der Waals surface area (Å²) >= 11 is 0. The van der Waals surface area contributed by atoms with E-state index in [4.69, 9.17) is 4.43 Å². The number of hydrogen-bond acceptors (Lipinski definition) is 2. The molecule has 17 heavy (non-hydrogen) atoms. The summed E-state index contributed by atoms with van der Waals surface area (Å²) in [5.74, 6) is -1.92. The molecule has 3 nitrogen and oxygen atoms in total. The van der Waals surface area contributed by atoms with Crippen LogP contribution in [0, 0.1) is 0 Å². The predicted octanol–water partition coefficient (Wildman–Crippen LogP) is 2.69. The Labute approximate surface area is 101 Å². The van der Waals surface area contributed by atoms with Gasteiger partial charge in [0.05, 0.1) is 6.61 Å². The van der Waals surface area contributed by atoms with E-state index >= 15 is 0 Å². The first kappa shape index (κ1) is 16.4. The summed E-state index contributed by atoms with van der Waals surface area (Å²) in [4.78, 5) is 10.5. The zero-order valence-electron chi connectivity index (χ0n) is 10.9. The second-order valence-electron chi connectivity index (χ2n) is 5.36. The van der Waals surface area contributed by atoms with Gasteiger partial charge in [0.2, 0.25) is 0 Å². The molecule has 0 saturated carbocycles. The highest BCUT2D eigenvalue weighted by Crippen LogP contribution is 2.36. The zero-order valence-corrected chi connectivity index (χ0v) is 11.9. The second-order valence-corrected chi connectivity index (χ2v) is 10.2. The Hall–Kier alpha value is -0.563. The maximum Gasteiger partial charge on any atom is 0.471 e. The highest BCUT2D eigenvalue weighted by atomic mass is 28.4. The van der Waals surface area contributed by atoms with Crippen molar-refractivity contribution in [3.8, 4) is 0 Å². The van der Waals surface area contributed by atoms with Crippen LogP contribution in [0.2, 0.25) is 18.1 Å². The lowest BCUT2D eigenvalue weighted by atomic mass is 10.2. The molecule has 0 unspecified atom stereocenters. The lowest BCUT2D eigenvalue weighted by molar-refractivity contribution is -0.173. The number of carbonyl (C=O) groups is 1. The Bertz CT molecular complexity index is 272. The molecule has 0 bridgehead atoms. The summed E-state index contributed by atoms with van der Waals surface area (Å²) in [5.41, 5.74) is 0. The van der Waals surface area contributed by atoms with Crippen LogP contribution in [0.4, 0.5) is 13.2 Å². The van der Waals surface area contributed by atoms with E-state index in [-0.39, 0.29) is 18.2 Å². The minimum absolute atomic E-state index is 0.00103. The first-order valence-corrected chi connectivity index (χ1v) is 8.28. The van der Waals surface area contributed by atoms with Gasteiger partial charge in [0, 0.05) is 6.54 Å². The number of halogens is 3. The van der Waals surface area contributed by atoms with E-state index in [9.17, 15) is 18.0 Å². The maximum atomic E-state index is 11.9. The van der Waals surface area contributed by atoms with Crippen LogP contribution >= 0.6 is 0 Å². The number of carbonyl (C=O) groups excluding carboxylic acids is 1. The van der Waals surface area contributed by atoms with E-state index in [1.807, 2.05) is 33.9 Å². The fourth-order valence-corrected chi connectivity index (χ4v) is 1.83. The molecular formula is C10H20F3NO2Si. The lowest BCUT2D eigenvalue weighted by Crippen LogP contribution is -2.44. The average Bonchev–Trinajstić information content (AvgIpc) is 2.08. The molecule has 102 valence electrons. The SMILES string of the molecule is CC(C)(C)[Si](C)(C)OCCNC(=O)C(F)(F)F. The van der Waals surface area contributed by atoms with Crippen LogP contribution < -0.4 is 5.32 Å². The second kappa shape index (κ2) is 5.39. The number of amides is 1. The maximum absolute atomic E-state index is 11.9. The fourth-order valence-electron chi connectivity index (χ4n) is 0.787. The van der Waals surface area contributed by atoms with E-state index in [0.717, 1.165) is 0 Å². The molecule has 1 amide bonds. The van der Waals surface area contributed by atoms with Crippen molar-refractivity contribution in [2.75, 3.05) is 13.2 Å². The van der Waals surface area contributed by atoms with Gasteiger partial charge in [-0.1, -0.05) is 20.8 Å². The summed E-state index contributed by atoms with van der Waals surface area (Å²) in [6, 6.07) is 0. The molecule has 7 heteroatoms. The molecule has 0 aromatic heterocycles. The number of hydrogen-bond donors (Lipinski definition) is 1. The largest absolute Gasteiger partial charge is 0.471 e. The van der Waals surface area contributed by atoms with Gasteiger partial charge in [-0.2, -0.15) is 13.2 Å². The molecule has 0 aromatic carbocycles. The van der Waals surface area contributed by atoms with Gasteiger partial charge >= 0.3 is 12.1 Å². The van der Waals surface area contributed by atoms with Crippen LogP contribution in [-0.4, -0.2) is 33.6 Å². The Morgan fingerprint density at radius 1 is 1.24 bits per heavy atom. The molecule has 0 aromatic rings. The first-order valence-electron chi connectivity index (χ1n) is 5.37. The normalized spacial score (nSPS) is 13.6. The third kappa shape index (κ3) is 5.54. The van der Waals surface area contributed by atoms with Crippen molar-refractivity contribution >= 4 is 14.2 Å². The van der Waals surface area contributed by atoms with Gasteiger partial charge in [-0.3, -0.25) is 4.79 Å². The molecular weight excluding hydrogens is 251 g/mol. The molecule has 0 radical (unpaired) electrons. The van der Waals surface area contributed by atoms with Crippen LogP contribution in [0.25, 0.3) is 0 Å². The molecule has 0 aliphatic rings. The van der Waals surface area contributed by atoms with Gasteiger partial charge in [0.1, 0.15) is 0 Å². The van der Waals surface area contributed by atoms with E-state index < -0.39 is 20.4 Å². The van der Waals surface area contributed by atoms with Gasteiger partial charge in [0.15, 0.2) is 8.32 Å². The first-order chi connectivity index (χ1) is 7.38. The van der Waals surface area contributed by atoms with Crippen LogP contribution in [0.15, 0.2) is 0 Å². The molecule has 0 rings (SSSR count). The van der Waals surface area contributed by atoms with Crippen molar-refractivity contribution < 1.29 is 22.4 Å². The topological polar surface area (TPSA) is 38.3 Å². The molecule has 0 aliphatic carbocycles. The standard InChI is InChI=1S/C10H20F3NO2Si/c1-9(2,3)17(4,5)16-7-6-14-8(15)10(11,12)13/h6-7H2,1-5H3,(H,14,15). The lowest BCUT2D eigenvalue weighted by Gasteiger charge is -2.36. The molecule has 1 N–H and O–H groups in total. The monoisotopic (exact) mass is 271 g/mol. The summed E-state index contributed by atoms with van der Waals surface area (Å²) < 4.78 is 41.2. The minimum atomic E-state index is -4.82. The van der Waals surface area contributed by atoms with Crippen LogP contribution in [0.3, 0.4) is 0 Å². The van der Waals surface area contributed by atoms with Crippen LogP contribution in [0.1, 0.15) is 20.8 Å². The number of alkyl halides is 3. The van der Waals surface area contributed by atoms with E-state index in [1.165, 1.54) is 0 Å². The van der Waals surface area contributed by atoms with Crippen molar-refractivity contribution in [3.63, 3.8) is 0 Å². The smallest absolute Gasteiger partial charge is 0.415 e. The molecule has 0 fully saturated rings. The Morgan fingerprint density at radius 2 is 1.71 bits per heavy atom. The van der Waals surface area contributed by atoms with Crippen molar-refractivity contribution in [3.05, 3.63) is 0 Å². The summed E-state index contributed by atoms with van der Waals surface area (Å²) in [6.07, 6.45) is -4.82. The van der Waals surface area contributed by atoms with Gasteiger partial charge in [-0.25, -0.2) is 0 Å². The van der Waals surface area contributed by atoms with E-state index in [2.05, 4.69) is 0 Å².